The summed E-state index contributed by atoms with van der Waals surface area (Å²) in [7, 11) is 0. The van der Waals surface area contributed by atoms with Crippen LogP contribution in [-0.2, 0) is 0 Å². The highest BCUT2D eigenvalue weighted by atomic mass is 15.2. The summed E-state index contributed by atoms with van der Waals surface area (Å²) in [6, 6.07) is 93.5. The molecule has 0 radical (unpaired) electrons. The number of fused-ring (bicyclic) bond motifs is 5. The summed E-state index contributed by atoms with van der Waals surface area (Å²) < 4.78 is 4.89. The third-order valence-electron chi connectivity index (χ3n) is 12.7. The van der Waals surface area contributed by atoms with Gasteiger partial charge in [0.2, 0.25) is 0 Å². The lowest BCUT2D eigenvalue weighted by atomic mass is 9.99. The lowest BCUT2D eigenvalue weighted by Gasteiger charge is -2.28. The molecule has 10 aromatic carbocycles. The fourth-order valence-corrected chi connectivity index (χ4v) is 9.68. The van der Waals surface area contributed by atoms with Crippen LogP contribution >= 0.6 is 0 Å². The quantitative estimate of drug-likeness (QED) is 0.148. The van der Waals surface area contributed by atoms with Gasteiger partial charge in [0.25, 0.3) is 0 Å². The van der Waals surface area contributed by atoms with Gasteiger partial charge in [0, 0.05) is 61.4 Å². The summed E-state index contributed by atoms with van der Waals surface area (Å²) in [4.78, 5) is 2.40. The summed E-state index contributed by atoms with van der Waals surface area (Å²) in [6.45, 7) is 0. The number of nitrogens with one attached hydrogen (secondary N) is 1. The van der Waals surface area contributed by atoms with E-state index in [9.17, 15) is 0 Å². The Balaban J connectivity index is 0.993. The first-order valence-electron chi connectivity index (χ1n) is 22.5. The van der Waals surface area contributed by atoms with E-state index in [1.54, 1.807) is 0 Å². The maximum atomic E-state index is 3.61. The Morgan fingerprint density at radius 3 is 1.58 bits per heavy atom. The molecule has 66 heavy (non-hydrogen) atoms. The first-order chi connectivity index (χ1) is 32.8. The third kappa shape index (κ3) is 6.89. The van der Waals surface area contributed by atoms with Crippen LogP contribution < -0.4 is 10.2 Å². The van der Waals surface area contributed by atoms with Gasteiger partial charge in [-0.2, -0.15) is 0 Å². The highest BCUT2D eigenvalue weighted by Crippen LogP contribution is 2.46. The average Bonchev–Trinajstić information content (AvgIpc) is 3.90. The average molecular weight is 845 g/mol. The van der Waals surface area contributed by atoms with Crippen molar-refractivity contribution in [1.82, 2.24) is 9.13 Å². The van der Waals surface area contributed by atoms with E-state index in [0.717, 1.165) is 62.1 Å². The van der Waals surface area contributed by atoms with E-state index in [4.69, 9.17) is 0 Å². The molecular weight excluding hydrogens is 801 g/mol. The van der Waals surface area contributed by atoms with Crippen molar-refractivity contribution in [3.05, 3.63) is 261 Å². The first-order valence-corrected chi connectivity index (χ1v) is 22.5. The van der Waals surface area contributed by atoms with Crippen LogP contribution in [0.15, 0.2) is 261 Å². The van der Waals surface area contributed by atoms with E-state index in [0.29, 0.717) is 0 Å². The molecule has 4 heteroatoms. The molecule has 4 nitrogen and oxygen atoms in total. The predicted molar refractivity (Wildman–Crippen MR) is 278 cm³/mol. The molecule has 2 heterocycles. The number of aromatic nitrogens is 2. The van der Waals surface area contributed by atoms with Crippen molar-refractivity contribution in [3.63, 3.8) is 0 Å². The standard InChI is InChI=1S/C62H44N4/c1-5-19-46(20-6-1)54-28-14-17-31-58(54)64(49-23-9-3-10-24-49)52-41-42-60-56(43-52)61-55-29-15-18-32-59(55)66(62(61)65(60)50-25-11-4-12-26-50)51-39-37-45(38-40-51)44-33-35-47(36-34-44)53-27-13-16-30-57(53)63-48-21-7-2-8-22-48/h1-43,63H. The van der Waals surface area contributed by atoms with Gasteiger partial charge in [0.05, 0.1) is 16.7 Å². The van der Waals surface area contributed by atoms with Crippen molar-refractivity contribution >= 4 is 61.3 Å². The van der Waals surface area contributed by atoms with Gasteiger partial charge in [0.1, 0.15) is 5.65 Å². The van der Waals surface area contributed by atoms with Crippen molar-refractivity contribution < 1.29 is 0 Å². The zero-order valence-corrected chi connectivity index (χ0v) is 36.2. The summed E-state index contributed by atoms with van der Waals surface area (Å²) in [6.07, 6.45) is 0. The molecule has 0 bridgehead atoms. The molecule has 0 saturated heterocycles. The summed E-state index contributed by atoms with van der Waals surface area (Å²) in [5.74, 6) is 0. The second-order valence-corrected chi connectivity index (χ2v) is 16.6. The molecular formula is C62H44N4. The van der Waals surface area contributed by atoms with E-state index in [2.05, 4.69) is 274 Å². The topological polar surface area (TPSA) is 25.1 Å². The van der Waals surface area contributed by atoms with Crippen LogP contribution in [0.5, 0.6) is 0 Å². The fraction of sp³-hybridized carbons (Fsp3) is 0. The smallest absolute Gasteiger partial charge is 0.131 e. The Labute approximate surface area is 384 Å². The Kier molecular flexibility index (Phi) is 9.81. The lowest BCUT2D eigenvalue weighted by Crippen LogP contribution is -2.11. The molecule has 0 amide bonds. The van der Waals surface area contributed by atoms with Crippen molar-refractivity contribution in [2.75, 3.05) is 10.2 Å². The minimum Gasteiger partial charge on any atom is -0.355 e. The minimum atomic E-state index is 1.07. The van der Waals surface area contributed by atoms with Gasteiger partial charge < -0.3 is 10.2 Å². The second kappa shape index (κ2) is 16.7. The van der Waals surface area contributed by atoms with Crippen molar-refractivity contribution in [3.8, 4) is 44.8 Å². The van der Waals surface area contributed by atoms with Gasteiger partial charge in [-0.15, -0.1) is 0 Å². The molecule has 0 fully saturated rings. The number of benzene rings is 10. The molecule has 0 aliphatic carbocycles. The molecule has 312 valence electrons. The second-order valence-electron chi connectivity index (χ2n) is 16.6. The van der Waals surface area contributed by atoms with Crippen molar-refractivity contribution in [2.24, 2.45) is 0 Å². The molecule has 1 N–H and O–H groups in total. The molecule has 0 unspecified atom stereocenters. The minimum absolute atomic E-state index is 1.07. The normalized spacial score (nSPS) is 11.3. The number of hydrogen-bond donors (Lipinski definition) is 1. The number of para-hydroxylation sites is 6. The van der Waals surface area contributed by atoms with Gasteiger partial charge >= 0.3 is 0 Å². The number of anilines is 5. The summed E-state index contributed by atoms with van der Waals surface area (Å²) >= 11 is 0. The zero-order valence-electron chi connectivity index (χ0n) is 36.2. The summed E-state index contributed by atoms with van der Waals surface area (Å²) in [5.41, 5.74) is 18.1. The Hall–Kier alpha value is -8.86. The van der Waals surface area contributed by atoms with Crippen LogP contribution in [0.25, 0.3) is 77.6 Å². The van der Waals surface area contributed by atoms with Crippen LogP contribution in [0.2, 0.25) is 0 Å². The molecule has 12 rings (SSSR count). The van der Waals surface area contributed by atoms with Crippen LogP contribution in [0.4, 0.5) is 28.4 Å². The molecule has 0 saturated carbocycles. The van der Waals surface area contributed by atoms with Crippen molar-refractivity contribution in [1.29, 1.82) is 0 Å². The molecule has 0 aliphatic heterocycles. The molecule has 2 aromatic heterocycles. The van der Waals surface area contributed by atoms with E-state index in [1.807, 2.05) is 6.07 Å². The van der Waals surface area contributed by atoms with E-state index < -0.39 is 0 Å². The molecule has 0 aliphatic rings. The van der Waals surface area contributed by atoms with Gasteiger partial charge in [-0.25, -0.2) is 0 Å². The zero-order chi connectivity index (χ0) is 43.8. The van der Waals surface area contributed by atoms with Crippen LogP contribution in [0, 0.1) is 0 Å². The molecule has 12 aromatic rings. The number of hydrogen-bond acceptors (Lipinski definition) is 2. The largest absolute Gasteiger partial charge is 0.355 e. The SMILES string of the molecule is c1ccc(Nc2ccccc2-c2ccc(-c3ccc(-n4c5ccccc5c5c6cc(N(c7ccccc7)c7ccccc7-c7ccccc7)ccc6n(-c6ccccc6)c54)cc3)cc2)cc1. The van der Waals surface area contributed by atoms with Crippen LogP contribution in [0.1, 0.15) is 0 Å². The number of rotatable bonds is 10. The summed E-state index contributed by atoms with van der Waals surface area (Å²) in [5, 5.41) is 7.23. The Morgan fingerprint density at radius 2 is 0.848 bits per heavy atom. The van der Waals surface area contributed by atoms with E-state index in [-0.39, 0.29) is 0 Å². The highest BCUT2D eigenvalue weighted by molar-refractivity contribution is 6.23. The van der Waals surface area contributed by atoms with Gasteiger partial charge in [-0.3, -0.25) is 9.13 Å². The van der Waals surface area contributed by atoms with Gasteiger partial charge in [0.15, 0.2) is 0 Å². The van der Waals surface area contributed by atoms with Crippen molar-refractivity contribution in [2.45, 2.75) is 0 Å². The first kappa shape index (κ1) is 38.8. The van der Waals surface area contributed by atoms with E-state index >= 15 is 0 Å². The highest BCUT2D eigenvalue weighted by Gasteiger charge is 2.24. The number of nitrogens with zero attached hydrogens (tertiary/aromatic N) is 3. The van der Waals surface area contributed by atoms with E-state index in [1.165, 1.54) is 44.0 Å². The Morgan fingerprint density at radius 1 is 0.333 bits per heavy atom. The fourth-order valence-electron chi connectivity index (χ4n) is 9.68. The lowest BCUT2D eigenvalue weighted by molar-refractivity contribution is 1.07. The maximum Gasteiger partial charge on any atom is 0.131 e. The molecule has 0 spiro atoms. The monoisotopic (exact) mass is 844 g/mol. The predicted octanol–water partition coefficient (Wildman–Crippen LogP) is 16.9. The molecule has 0 atom stereocenters. The van der Waals surface area contributed by atoms with Crippen LogP contribution in [-0.4, -0.2) is 9.13 Å². The van der Waals surface area contributed by atoms with Gasteiger partial charge in [-0.05, 0) is 107 Å². The van der Waals surface area contributed by atoms with Crippen LogP contribution in [0.3, 0.4) is 0 Å². The third-order valence-corrected chi connectivity index (χ3v) is 12.7. The van der Waals surface area contributed by atoms with Gasteiger partial charge in [-0.1, -0.05) is 176 Å². The Bertz CT molecular complexity index is 3630. The maximum absolute atomic E-state index is 3.61.